The van der Waals surface area contributed by atoms with E-state index in [1.54, 1.807) is 0 Å². The Balaban J connectivity index is 3.19. The number of nitrogens with zero attached hydrogens (tertiary/aromatic N) is 1. The lowest BCUT2D eigenvalue weighted by Gasteiger charge is -2.13. The van der Waals surface area contributed by atoms with Gasteiger partial charge in [0, 0.05) is 24.3 Å². The van der Waals surface area contributed by atoms with E-state index in [1.807, 2.05) is 23.6 Å². The van der Waals surface area contributed by atoms with Gasteiger partial charge in [-0.05, 0) is 25.3 Å². The smallest absolute Gasteiger partial charge is 0.255 e. The fraction of sp³-hybridized carbons (Fsp3) is 0.583. The zero-order valence-electron chi connectivity index (χ0n) is 9.79. The molecule has 1 rings (SSSR count). The molecule has 1 aromatic rings. The summed E-state index contributed by atoms with van der Waals surface area (Å²) < 4.78 is 1.82. The van der Waals surface area contributed by atoms with Crippen LogP contribution in [0.2, 0.25) is 0 Å². The lowest BCUT2D eigenvalue weighted by Crippen LogP contribution is -2.27. The van der Waals surface area contributed by atoms with Crippen molar-refractivity contribution < 1.29 is 0 Å². The van der Waals surface area contributed by atoms with Crippen molar-refractivity contribution in [3.05, 3.63) is 33.7 Å². The van der Waals surface area contributed by atoms with Crippen molar-refractivity contribution in [3.8, 4) is 0 Å². The fourth-order valence-electron chi connectivity index (χ4n) is 1.76. The summed E-state index contributed by atoms with van der Waals surface area (Å²) in [5.41, 5.74) is 7.38. The van der Waals surface area contributed by atoms with Crippen LogP contribution in [0.4, 0.5) is 0 Å². The lowest BCUT2D eigenvalue weighted by molar-refractivity contribution is 0.579. The summed E-state index contributed by atoms with van der Waals surface area (Å²) in [7, 11) is 0. The van der Waals surface area contributed by atoms with E-state index in [4.69, 9.17) is 5.73 Å². The summed E-state index contributed by atoms with van der Waals surface area (Å²) in [5, 5.41) is 0. The molecule has 0 saturated heterocycles. The molecule has 3 nitrogen and oxygen atoms in total. The van der Waals surface area contributed by atoms with E-state index in [0.29, 0.717) is 24.6 Å². The summed E-state index contributed by atoms with van der Waals surface area (Å²) in [6, 6.07) is 3.87. The van der Waals surface area contributed by atoms with Crippen LogP contribution >= 0.6 is 0 Å². The quantitative estimate of drug-likeness (QED) is 0.815. The number of nitrogens with two attached hydrogens (primary N) is 1. The van der Waals surface area contributed by atoms with E-state index < -0.39 is 0 Å². The van der Waals surface area contributed by atoms with Crippen LogP contribution in [0.1, 0.15) is 32.0 Å². The Morgan fingerprint density at radius 1 is 1.40 bits per heavy atom. The molecule has 3 heteroatoms. The van der Waals surface area contributed by atoms with Crippen molar-refractivity contribution in [2.45, 2.75) is 40.3 Å². The molecule has 0 fully saturated rings. The summed E-state index contributed by atoms with van der Waals surface area (Å²) in [6.07, 6.45) is 0.938. The van der Waals surface area contributed by atoms with E-state index in [1.165, 1.54) is 0 Å². The van der Waals surface area contributed by atoms with Gasteiger partial charge in [0.15, 0.2) is 0 Å². The standard InChI is InChI=1S/C12H20N2O/c1-4-14-11(7-9(2)3)6-5-10(8-13)12(14)15/h5-6,9H,4,7-8,13H2,1-3H3. The van der Waals surface area contributed by atoms with E-state index in [9.17, 15) is 4.79 Å². The van der Waals surface area contributed by atoms with E-state index in [0.717, 1.165) is 12.1 Å². The number of hydrogen-bond acceptors (Lipinski definition) is 2. The summed E-state index contributed by atoms with van der Waals surface area (Å²) >= 11 is 0. The summed E-state index contributed by atoms with van der Waals surface area (Å²) in [6.45, 7) is 7.34. The molecule has 0 radical (unpaired) electrons. The predicted octanol–water partition coefficient (Wildman–Crippen LogP) is 1.53. The third-order valence-corrected chi connectivity index (χ3v) is 2.50. The van der Waals surface area contributed by atoms with Crippen LogP contribution in [-0.2, 0) is 19.5 Å². The van der Waals surface area contributed by atoms with Crippen LogP contribution in [-0.4, -0.2) is 4.57 Å². The average molecular weight is 208 g/mol. The van der Waals surface area contributed by atoms with Crippen molar-refractivity contribution in [1.29, 1.82) is 0 Å². The van der Waals surface area contributed by atoms with Gasteiger partial charge in [0.05, 0.1) is 0 Å². The molecular formula is C12H20N2O. The zero-order chi connectivity index (χ0) is 11.4. The minimum absolute atomic E-state index is 0.0677. The monoisotopic (exact) mass is 208 g/mol. The minimum atomic E-state index is 0.0677. The molecule has 0 aliphatic heterocycles. The van der Waals surface area contributed by atoms with Gasteiger partial charge in [-0.25, -0.2) is 0 Å². The maximum atomic E-state index is 11.9. The first kappa shape index (κ1) is 12.0. The molecule has 84 valence electrons. The van der Waals surface area contributed by atoms with Crippen LogP contribution in [0.5, 0.6) is 0 Å². The van der Waals surface area contributed by atoms with Crippen LogP contribution in [0.15, 0.2) is 16.9 Å². The Morgan fingerprint density at radius 3 is 2.53 bits per heavy atom. The van der Waals surface area contributed by atoms with Crippen LogP contribution in [0.25, 0.3) is 0 Å². The fourth-order valence-corrected chi connectivity index (χ4v) is 1.76. The molecule has 0 atom stereocenters. The summed E-state index contributed by atoms with van der Waals surface area (Å²) in [5.74, 6) is 0.561. The largest absolute Gasteiger partial charge is 0.326 e. The molecule has 15 heavy (non-hydrogen) atoms. The molecule has 0 bridgehead atoms. The molecule has 1 aromatic heterocycles. The average Bonchev–Trinajstić information content (AvgIpc) is 2.18. The number of aromatic nitrogens is 1. The van der Waals surface area contributed by atoms with Crippen molar-refractivity contribution in [3.63, 3.8) is 0 Å². The van der Waals surface area contributed by atoms with Gasteiger partial charge in [-0.15, -0.1) is 0 Å². The minimum Gasteiger partial charge on any atom is -0.326 e. The van der Waals surface area contributed by atoms with Gasteiger partial charge < -0.3 is 10.3 Å². The number of rotatable bonds is 4. The third kappa shape index (κ3) is 2.69. The first-order chi connectivity index (χ1) is 7.10. The van der Waals surface area contributed by atoms with Crippen LogP contribution in [0, 0.1) is 5.92 Å². The maximum Gasteiger partial charge on any atom is 0.255 e. The Hall–Kier alpha value is -1.09. The van der Waals surface area contributed by atoms with Gasteiger partial charge in [-0.3, -0.25) is 4.79 Å². The lowest BCUT2D eigenvalue weighted by atomic mass is 10.1. The Bertz CT molecular complexity index is 380. The Morgan fingerprint density at radius 2 is 2.07 bits per heavy atom. The molecule has 0 aliphatic carbocycles. The van der Waals surface area contributed by atoms with Crippen LogP contribution < -0.4 is 11.3 Å². The van der Waals surface area contributed by atoms with Crippen molar-refractivity contribution >= 4 is 0 Å². The molecule has 0 amide bonds. The predicted molar refractivity (Wildman–Crippen MR) is 62.8 cm³/mol. The first-order valence-corrected chi connectivity index (χ1v) is 5.51. The molecule has 1 heterocycles. The van der Waals surface area contributed by atoms with Gasteiger partial charge in [-0.1, -0.05) is 19.9 Å². The van der Waals surface area contributed by atoms with Gasteiger partial charge in [0.25, 0.3) is 5.56 Å². The normalized spacial score (nSPS) is 11.0. The molecule has 0 aliphatic rings. The number of pyridine rings is 1. The van der Waals surface area contributed by atoms with Crippen molar-refractivity contribution in [1.82, 2.24) is 4.57 Å². The number of hydrogen-bond donors (Lipinski definition) is 1. The molecule has 0 unspecified atom stereocenters. The van der Waals surface area contributed by atoms with E-state index in [2.05, 4.69) is 13.8 Å². The molecular weight excluding hydrogens is 188 g/mol. The van der Waals surface area contributed by atoms with Gasteiger partial charge in [-0.2, -0.15) is 0 Å². The second kappa shape index (κ2) is 5.12. The highest BCUT2D eigenvalue weighted by Gasteiger charge is 2.07. The third-order valence-electron chi connectivity index (χ3n) is 2.50. The molecule has 0 saturated carbocycles. The van der Waals surface area contributed by atoms with Gasteiger partial charge in [0.2, 0.25) is 0 Å². The Kier molecular flexibility index (Phi) is 4.09. The highest BCUT2D eigenvalue weighted by Crippen LogP contribution is 2.07. The highest BCUT2D eigenvalue weighted by atomic mass is 16.1. The molecule has 2 N–H and O–H groups in total. The molecule has 0 spiro atoms. The second-order valence-electron chi connectivity index (χ2n) is 4.20. The van der Waals surface area contributed by atoms with E-state index in [-0.39, 0.29) is 5.56 Å². The second-order valence-corrected chi connectivity index (χ2v) is 4.20. The first-order valence-electron chi connectivity index (χ1n) is 5.51. The topological polar surface area (TPSA) is 48.0 Å². The molecule has 0 aromatic carbocycles. The highest BCUT2D eigenvalue weighted by molar-refractivity contribution is 5.16. The van der Waals surface area contributed by atoms with Crippen LogP contribution in [0.3, 0.4) is 0 Å². The SMILES string of the molecule is CCn1c(CC(C)C)ccc(CN)c1=O. The zero-order valence-corrected chi connectivity index (χ0v) is 9.79. The maximum absolute atomic E-state index is 11.9. The van der Waals surface area contributed by atoms with Gasteiger partial charge in [0.1, 0.15) is 0 Å². The van der Waals surface area contributed by atoms with E-state index >= 15 is 0 Å². The van der Waals surface area contributed by atoms with Crippen molar-refractivity contribution in [2.24, 2.45) is 11.7 Å². The van der Waals surface area contributed by atoms with Gasteiger partial charge >= 0.3 is 0 Å². The Labute approximate surface area is 90.9 Å². The van der Waals surface area contributed by atoms with Crippen molar-refractivity contribution in [2.75, 3.05) is 0 Å². The summed E-state index contributed by atoms with van der Waals surface area (Å²) in [4.78, 5) is 11.9.